The molecule has 1 aromatic heterocycles. The summed E-state index contributed by atoms with van der Waals surface area (Å²) in [6.07, 6.45) is -1.08. The van der Waals surface area contributed by atoms with E-state index in [0.29, 0.717) is 17.1 Å². The largest absolute Gasteiger partial charge is 0.456 e. The third-order valence-corrected chi connectivity index (χ3v) is 5.02. The Hall–Kier alpha value is -3.60. The van der Waals surface area contributed by atoms with Gasteiger partial charge < -0.3 is 24.8 Å². The van der Waals surface area contributed by atoms with Crippen LogP contribution < -0.4 is 10.2 Å². The Kier molecular flexibility index (Phi) is 6.75. The van der Waals surface area contributed by atoms with Crippen LogP contribution in [0.15, 0.2) is 58.5 Å². The van der Waals surface area contributed by atoms with E-state index in [9.17, 15) is 15.2 Å². The van der Waals surface area contributed by atoms with Crippen molar-refractivity contribution in [1.29, 1.82) is 5.26 Å². The summed E-state index contributed by atoms with van der Waals surface area (Å²) in [4.78, 5) is 14.3. The highest BCUT2D eigenvalue weighted by molar-refractivity contribution is 6.04. The number of anilines is 1. The third-order valence-electron chi connectivity index (χ3n) is 5.02. The molecule has 160 valence electrons. The molecule has 0 bridgehead atoms. The summed E-state index contributed by atoms with van der Waals surface area (Å²) in [6.45, 7) is 1.00. The first-order valence-electron chi connectivity index (χ1n) is 9.84. The quantitative estimate of drug-likeness (QED) is 0.401. The van der Waals surface area contributed by atoms with Crippen molar-refractivity contribution in [1.82, 2.24) is 5.32 Å². The van der Waals surface area contributed by atoms with Crippen LogP contribution in [0.4, 0.5) is 5.69 Å². The van der Waals surface area contributed by atoms with Gasteiger partial charge in [0.2, 0.25) is 0 Å². The standard InChI is InChI=1S/C24H25N3O4/c1-15(21(12-25)24(30)26-13-20(29)14-28)22-8-9-23(31-22)18-5-4-17-11-19(27(2)3)7-6-16(17)10-18/h4-11,20,28-29H,13-14H2,1-3H3,(H,26,30)/b21-15+. The lowest BCUT2D eigenvalue weighted by molar-refractivity contribution is -0.117. The number of carbonyl (C=O) groups is 1. The van der Waals surface area contributed by atoms with Crippen LogP contribution in [0.3, 0.4) is 0 Å². The van der Waals surface area contributed by atoms with Gasteiger partial charge in [-0.05, 0) is 48.0 Å². The predicted molar refractivity (Wildman–Crippen MR) is 120 cm³/mol. The highest BCUT2D eigenvalue weighted by Crippen LogP contribution is 2.30. The molecule has 0 aliphatic rings. The normalized spacial score (nSPS) is 12.8. The number of nitrogens with zero attached hydrogens (tertiary/aromatic N) is 2. The minimum Gasteiger partial charge on any atom is -0.456 e. The van der Waals surface area contributed by atoms with Crippen LogP contribution in [0.2, 0.25) is 0 Å². The average molecular weight is 419 g/mol. The zero-order valence-electron chi connectivity index (χ0n) is 17.7. The first-order chi connectivity index (χ1) is 14.8. The molecule has 3 aromatic rings. The summed E-state index contributed by atoms with van der Waals surface area (Å²) in [5, 5.41) is 32.3. The fourth-order valence-corrected chi connectivity index (χ4v) is 3.15. The van der Waals surface area contributed by atoms with Crippen molar-refractivity contribution in [3.63, 3.8) is 0 Å². The molecule has 1 unspecified atom stereocenters. The van der Waals surface area contributed by atoms with E-state index >= 15 is 0 Å². The lowest BCUT2D eigenvalue weighted by Gasteiger charge is -2.13. The fraction of sp³-hybridized carbons (Fsp3) is 0.250. The molecule has 0 spiro atoms. The molecule has 7 nitrogen and oxygen atoms in total. The van der Waals surface area contributed by atoms with Crippen LogP contribution in [-0.2, 0) is 4.79 Å². The highest BCUT2D eigenvalue weighted by Gasteiger charge is 2.17. The van der Waals surface area contributed by atoms with Crippen molar-refractivity contribution in [3.05, 3.63) is 59.9 Å². The summed E-state index contributed by atoms with van der Waals surface area (Å²) in [6, 6.07) is 17.7. The van der Waals surface area contributed by atoms with Crippen LogP contribution in [0, 0.1) is 11.3 Å². The maximum Gasteiger partial charge on any atom is 0.262 e. The molecule has 0 saturated carbocycles. The summed E-state index contributed by atoms with van der Waals surface area (Å²) < 4.78 is 5.94. The Bertz CT molecular complexity index is 1170. The van der Waals surface area contributed by atoms with Gasteiger partial charge in [0, 0.05) is 37.5 Å². The van der Waals surface area contributed by atoms with Crippen molar-refractivity contribution in [2.24, 2.45) is 0 Å². The van der Waals surface area contributed by atoms with Crippen molar-refractivity contribution in [2.45, 2.75) is 13.0 Å². The predicted octanol–water partition coefficient (Wildman–Crippen LogP) is 2.93. The second kappa shape index (κ2) is 9.47. The number of aliphatic hydroxyl groups is 2. The van der Waals surface area contributed by atoms with E-state index < -0.39 is 18.6 Å². The molecule has 3 rings (SSSR count). The third kappa shape index (κ3) is 4.94. The molecule has 0 radical (unpaired) electrons. The van der Waals surface area contributed by atoms with Crippen molar-refractivity contribution < 1.29 is 19.4 Å². The van der Waals surface area contributed by atoms with E-state index in [1.165, 1.54) is 0 Å². The monoisotopic (exact) mass is 419 g/mol. The van der Waals surface area contributed by atoms with Gasteiger partial charge in [0.05, 0.1) is 12.7 Å². The minimum atomic E-state index is -1.08. The minimum absolute atomic E-state index is 0.110. The Morgan fingerprint density at radius 2 is 1.87 bits per heavy atom. The Morgan fingerprint density at radius 1 is 1.16 bits per heavy atom. The van der Waals surface area contributed by atoms with Gasteiger partial charge in [0.1, 0.15) is 23.2 Å². The van der Waals surface area contributed by atoms with Crippen molar-refractivity contribution >= 4 is 27.9 Å². The van der Waals surface area contributed by atoms with E-state index in [1.807, 2.05) is 38.4 Å². The molecule has 0 aliphatic heterocycles. The van der Waals surface area contributed by atoms with Gasteiger partial charge in [0.15, 0.2) is 0 Å². The zero-order chi connectivity index (χ0) is 22.5. The number of nitrogens with one attached hydrogen (secondary N) is 1. The number of fused-ring (bicyclic) bond motifs is 1. The SMILES string of the molecule is C/C(=C(/C#N)C(=O)NCC(O)CO)c1ccc(-c2ccc3cc(N(C)C)ccc3c2)o1. The maximum absolute atomic E-state index is 12.3. The van der Waals surface area contributed by atoms with E-state index in [2.05, 4.69) is 28.4 Å². The average Bonchev–Trinajstić information content (AvgIpc) is 3.27. The number of rotatable bonds is 7. The van der Waals surface area contributed by atoms with Crippen LogP contribution in [0.1, 0.15) is 12.7 Å². The lowest BCUT2D eigenvalue weighted by atomic mass is 10.0. The topological polar surface area (TPSA) is 110 Å². The van der Waals surface area contributed by atoms with E-state index in [-0.39, 0.29) is 12.1 Å². The number of nitriles is 1. The molecule has 2 aromatic carbocycles. The molecule has 3 N–H and O–H groups in total. The Labute approximate surface area is 180 Å². The van der Waals surface area contributed by atoms with Crippen LogP contribution in [0.25, 0.3) is 27.7 Å². The molecule has 7 heteroatoms. The summed E-state index contributed by atoms with van der Waals surface area (Å²) in [7, 11) is 4.00. The molecule has 0 fully saturated rings. The van der Waals surface area contributed by atoms with E-state index in [0.717, 1.165) is 22.0 Å². The van der Waals surface area contributed by atoms with E-state index in [1.54, 1.807) is 19.1 Å². The van der Waals surface area contributed by atoms with E-state index in [4.69, 9.17) is 9.52 Å². The number of hydrogen-bond acceptors (Lipinski definition) is 6. The van der Waals surface area contributed by atoms with Gasteiger partial charge in [0.25, 0.3) is 5.91 Å². The van der Waals surface area contributed by atoms with Crippen LogP contribution in [0.5, 0.6) is 0 Å². The van der Waals surface area contributed by atoms with Gasteiger partial charge >= 0.3 is 0 Å². The first-order valence-corrected chi connectivity index (χ1v) is 9.84. The molecule has 0 aliphatic carbocycles. The number of benzene rings is 2. The van der Waals surface area contributed by atoms with Gasteiger partial charge in [-0.2, -0.15) is 5.26 Å². The Balaban J connectivity index is 1.87. The van der Waals surface area contributed by atoms with Crippen molar-refractivity contribution in [2.75, 3.05) is 32.1 Å². The summed E-state index contributed by atoms with van der Waals surface area (Å²) in [5.74, 6) is 0.404. The number of aliphatic hydroxyl groups excluding tert-OH is 2. The molecule has 0 saturated heterocycles. The second-order valence-electron chi connectivity index (χ2n) is 7.46. The molecule has 1 heterocycles. The summed E-state index contributed by atoms with van der Waals surface area (Å²) >= 11 is 0. The number of furan rings is 1. The second-order valence-corrected chi connectivity index (χ2v) is 7.46. The lowest BCUT2D eigenvalue weighted by Crippen LogP contribution is -2.34. The molecule has 31 heavy (non-hydrogen) atoms. The Morgan fingerprint density at radius 3 is 2.55 bits per heavy atom. The smallest absolute Gasteiger partial charge is 0.262 e. The zero-order valence-corrected chi connectivity index (χ0v) is 17.7. The first kappa shape index (κ1) is 22.1. The molecule has 1 amide bonds. The highest BCUT2D eigenvalue weighted by atomic mass is 16.3. The number of hydrogen-bond donors (Lipinski definition) is 3. The van der Waals surface area contributed by atoms with Gasteiger partial charge in [-0.3, -0.25) is 4.79 Å². The van der Waals surface area contributed by atoms with Crippen molar-refractivity contribution in [3.8, 4) is 17.4 Å². The molecular weight excluding hydrogens is 394 g/mol. The summed E-state index contributed by atoms with van der Waals surface area (Å²) in [5.41, 5.74) is 2.29. The molecule has 1 atom stereocenters. The van der Waals surface area contributed by atoms with Crippen LogP contribution in [-0.4, -0.2) is 49.5 Å². The number of carbonyl (C=O) groups excluding carboxylic acids is 1. The number of amides is 1. The number of allylic oxidation sites excluding steroid dienone is 1. The van der Waals surface area contributed by atoms with Gasteiger partial charge in [-0.15, -0.1) is 0 Å². The fourth-order valence-electron chi connectivity index (χ4n) is 3.15. The molecular formula is C24H25N3O4. The van der Waals surface area contributed by atoms with Gasteiger partial charge in [-0.1, -0.05) is 18.2 Å². The van der Waals surface area contributed by atoms with Crippen LogP contribution >= 0.6 is 0 Å². The van der Waals surface area contributed by atoms with Gasteiger partial charge in [-0.25, -0.2) is 0 Å². The maximum atomic E-state index is 12.3.